The van der Waals surface area contributed by atoms with E-state index in [1.165, 1.54) is 99.1 Å². The van der Waals surface area contributed by atoms with Crippen molar-refractivity contribution in [3.05, 3.63) is 181 Å². The summed E-state index contributed by atoms with van der Waals surface area (Å²) >= 11 is 0. The van der Waals surface area contributed by atoms with Gasteiger partial charge in [-0.1, -0.05) is 109 Å². The Labute approximate surface area is 291 Å². The van der Waals surface area contributed by atoms with Crippen LogP contribution in [-0.2, 0) is 0 Å². The quantitative estimate of drug-likeness (QED) is 0.182. The molecule has 0 saturated carbocycles. The van der Waals surface area contributed by atoms with E-state index in [2.05, 4.69) is 193 Å². The normalized spacial score (nSPS) is 11.8. The van der Waals surface area contributed by atoms with Crippen molar-refractivity contribution in [2.24, 2.45) is 0 Å². The summed E-state index contributed by atoms with van der Waals surface area (Å²) in [4.78, 5) is 0. The Kier molecular flexibility index (Phi) is 6.34. The predicted molar refractivity (Wildman–Crippen MR) is 213 cm³/mol. The van der Waals surface area contributed by atoms with Crippen molar-refractivity contribution in [2.75, 3.05) is 0 Å². The standard InChI is InChI=1S/C48H34N2/c1-31-25-32(2)27-40(26-31)50-46-14-8-6-12-42(46)44-30-38(21-24-48(44)50)35-17-15-34(16-18-35)37-20-23-47-43(29-37)41-11-5-7-13-45(41)49(47)39-22-19-33-9-3-4-10-36(33)28-39/h3-30H,1-2H3. The lowest BCUT2D eigenvalue weighted by atomic mass is 9.98. The number of para-hydroxylation sites is 2. The Balaban J connectivity index is 1.05. The van der Waals surface area contributed by atoms with E-state index in [9.17, 15) is 0 Å². The van der Waals surface area contributed by atoms with Crippen LogP contribution < -0.4 is 0 Å². The first-order valence-electron chi connectivity index (χ1n) is 17.3. The molecule has 0 spiro atoms. The molecule has 0 amide bonds. The molecule has 2 aromatic heterocycles. The van der Waals surface area contributed by atoms with Crippen LogP contribution in [0, 0.1) is 13.8 Å². The molecule has 0 N–H and O–H groups in total. The van der Waals surface area contributed by atoms with E-state index < -0.39 is 0 Å². The van der Waals surface area contributed by atoms with Crippen LogP contribution in [0.15, 0.2) is 170 Å². The Morgan fingerprint density at radius 2 is 0.760 bits per heavy atom. The smallest absolute Gasteiger partial charge is 0.0541 e. The van der Waals surface area contributed by atoms with Gasteiger partial charge in [0.05, 0.1) is 22.1 Å². The highest BCUT2D eigenvalue weighted by atomic mass is 15.0. The molecular formula is C48H34N2. The highest BCUT2D eigenvalue weighted by molar-refractivity contribution is 6.12. The lowest BCUT2D eigenvalue weighted by Crippen LogP contribution is -1.95. The lowest BCUT2D eigenvalue weighted by Gasteiger charge is -2.11. The van der Waals surface area contributed by atoms with E-state index in [1.807, 2.05) is 0 Å². The molecule has 8 aromatic carbocycles. The van der Waals surface area contributed by atoms with Gasteiger partial charge in [0.2, 0.25) is 0 Å². The zero-order chi connectivity index (χ0) is 33.3. The van der Waals surface area contributed by atoms with Crippen LogP contribution >= 0.6 is 0 Å². The zero-order valence-electron chi connectivity index (χ0n) is 28.1. The number of rotatable bonds is 4. The third-order valence-corrected chi connectivity index (χ3v) is 10.4. The van der Waals surface area contributed by atoms with Crippen LogP contribution in [0.5, 0.6) is 0 Å². The van der Waals surface area contributed by atoms with Crippen molar-refractivity contribution in [1.29, 1.82) is 0 Å². The van der Waals surface area contributed by atoms with Gasteiger partial charge < -0.3 is 9.13 Å². The van der Waals surface area contributed by atoms with E-state index >= 15 is 0 Å². The van der Waals surface area contributed by atoms with E-state index in [0.717, 1.165) is 0 Å². The third-order valence-electron chi connectivity index (χ3n) is 10.4. The van der Waals surface area contributed by atoms with Gasteiger partial charge in [-0.25, -0.2) is 0 Å². The molecule has 0 saturated heterocycles. The van der Waals surface area contributed by atoms with Gasteiger partial charge in [0.15, 0.2) is 0 Å². The van der Waals surface area contributed by atoms with Crippen LogP contribution in [0.1, 0.15) is 11.1 Å². The summed E-state index contributed by atoms with van der Waals surface area (Å²) in [6.45, 7) is 4.35. The number of aryl methyl sites for hydroxylation is 2. The molecule has 10 rings (SSSR count). The molecule has 0 fully saturated rings. The maximum absolute atomic E-state index is 2.41. The molecule has 0 aliphatic carbocycles. The average Bonchev–Trinajstić information content (AvgIpc) is 3.66. The summed E-state index contributed by atoms with van der Waals surface area (Å²) < 4.78 is 4.81. The SMILES string of the molecule is Cc1cc(C)cc(-n2c3ccccc3c3cc(-c4ccc(-c5ccc6c(c5)c5ccccc5n6-c5ccc6ccccc6c5)cc4)ccc32)c1. The average molecular weight is 639 g/mol. The first-order valence-corrected chi connectivity index (χ1v) is 17.3. The monoisotopic (exact) mass is 638 g/mol. The van der Waals surface area contributed by atoms with Gasteiger partial charge >= 0.3 is 0 Å². The summed E-state index contributed by atoms with van der Waals surface area (Å²) in [5.41, 5.74) is 14.7. The van der Waals surface area contributed by atoms with Crippen LogP contribution in [0.3, 0.4) is 0 Å². The number of benzene rings is 8. The molecule has 0 atom stereocenters. The van der Waals surface area contributed by atoms with Crippen LogP contribution in [0.4, 0.5) is 0 Å². The molecular weight excluding hydrogens is 605 g/mol. The van der Waals surface area contributed by atoms with Gasteiger partial charge in [0.1, 0.15) is 0 Å². The molecule has 0 unspecified atom stereocenters. The fourth-order valence-electron chi connectivity index (χ4n) is 8.11. The van der Waals surface area contributed by atoms with Crippen molar-refractivity contribution in [3.8, 4) is 33.6 Å². The Morgan fingerprint density at radius 3 is 1.34 bits per heavy atom. The van der Waals surface area contributed by atoms with E-state index in [-0.39, 0.29) is 0 Å². The minimum absolute atomic E-state index is 1.18. The second-order valence-corrected chi connectivity index (χ2v) is 13.6. The van der Waals surface area contributed by atoms with Crippen LogP contribution in [0.25, 0.3) is 88.0 Å². The highest BCUT2D eigenvalue weighted by Crippen LogP contribution is 2.38. The van der Waals surface area contributed by atoms with E-state index in [0.29, 0.717) is 0 Å². The van der Waals surface area contributed by atoms with E-state index in [4.69, 9.17) is 0 Å². The third kappa shape index (κ3) is 4.49. The molecule has 0 aliphatic heterocycles. The summed E-state index contributed by atoms with van der Waals surface area (Å²) in [5.74, 6) is 0. The predicted octanol–water partition coefficient (Wildman–Crippen LogP) is 13.0. The number of nitrogens with zero attached hydrogens (tertiary/aromatic N) is 2. The van der Waals surface area contributed by atoms with Crippen molar-refractivity contribution in [2.45, 2.75) is 13.8 Å². The fraction of sp³-hybridized carbons (Fsp3) is 0.0417. The molecule has 0 radical (unpaired) electrons. The molecule has 50 heavy (non-hydrogen) atoms. The molecule has 2 nitrogen and oxygen atoms in total. The van der Waals surface area contributed by atoms with Gasteiger partial charge in [-0.3, -0.25) is 0 Å². The first kappa shape index (κ1) is 28.6. The number of hydrogen-bond acceptors (Lipinski definition) is 0. The van der Waals surface area contributed by atoms with Crippen LogP contribution in [0.2, 0.25) is 0 Å². The number of fused-ring (bicyclic) bond motifs is 7. The minimum Gasteiger partial charge on any atom is -0.309 e. The summed E-state index contributed by atoms with van der Waals surface area (Å²) in [6.07, 6.45) is 0. The Morgan fingerprint density at radius 1 is 0.300 bits per heavy atom. The van der Waals surface area contributed by atoms with E-state index in [1.54, 1.807) is 0 Å². The van der Waals surface area contributed by atoms with Crippen LogP contribution in [-0.4, -0.2) is 9.13 Å². The largest absolute Gasteiger partial charge is 0.309 e. The van der Waals surface area contributed by atoms with Gasteiger partial charge in [0.25, 0.3) is 0 Å². The number of hydrogen-bond donors (Lipinski definition) is 0. The first-order chi connectivity index (χ1) is 24.6. The fourth-order valence-corrected chi connectivity index (χ4v) is 8.11. The minimum atomic E-state index is 1.18. The van der Waals surface area contributed by atoms with Gasteiger partial charge in [-0.15, -0.1) is 0 Å². The highest BCUT2D eigenvalue weighted by Gasteiger charge is 2.16. The number of aromatic nitrogens is 2. The summed E-state index contributed by atoms with van der Waals surface area (Å²) in [6, 6.07) is 62.5. The molecule has 2 heterocycles. The maximum atomic E-state index is 2.41. The van der Waals surface area contributed by atoms with Crippen molar-refractivity contribution in [1.82, 2.24) is 9.13 Å². The van der Waals surface area contributed by atoms with Gasteiger partial charge in [-0.2, -0.15) is 0 Å². The molecule has 10 aromatic rings. The molecule has 2 heteroatoms. The van der Waals surface area contributed by atoms with Crippen molar-refractivity contribution < 1.29 is 0 Å². The second kappa shape index (κ2) is 11.1. The van der Waals surface area contributed by atoms with Crippen molar-refractivity contribution in [3.63, 3.8) is 0 Å². The summed E-state index contributed by atoms with van der Waals surface area (Å²) in [5, 5.41) is 7.58. The lowest BCUT2D eigenvalue weighted by molar-refractivity contribution is 1.16. The Hall–Kier alpha value is -6.38. The maximum Gasteiger partial charge on any atom is 0.0541 e. The van der Waals surface area contributed by atoms with Gasteiger partial charge in [-0.05, 0) is 119 Å². The topological polar surface area (TPSA) is 9.86 Å². The zero-order valence-corrected chi connectivity index (χ0v) is 28.1. The molecule has 0 bridgehead atoms. The van der Waals surface area contributed by atoms with Gasteiger partial charge in [0, 0.05) is 32.9 Å². The molecule has 236 valence electrons. The molecule has 0 aliphatic rings. The second-order valence-electron chi connectivity index (χ2n) is 13.6. The van der Waals surface area contributed by atoms with Crippen molar-refractivity contribution >= 4 is 54.4 Å². The summed E-state index contributed by atoms with van der Waals surface area (Å²) in [7, 11) is 0. The Bertz CT molecular complexity index is 2920.